The minimum absolute atomic E-state index is 0.0482. The highest BCUT2D eigenvalue weighted by molar-refractivity contribution is 5.93. The molecule has 3 fully saturated rings. The molecule has 6 heteroatoms. The fourth-order valence-corrected chi connectivity index (χ4v) is 7.77. The Kier molecular flexibility index (Phi) is 5.42. The predicted molar refractivity (Wildman–Crippen MR) is 113 cm³/mol. The summed E-state index contributed by atoms with van der Waals surface area (Å²) in [6, 6.07) is 0. The SMILES string of the molecule is CC(=O)OCC(=O)[C@]1(OC(C)=O)CCC2C3CCC4=CC(=O)CC[C@]4(C)C3CC[C@@]21C. The lowest BCUT2D eigenvalue weighted by atomic mass is 9.46. The Morgan fingerprint density at radius 2 is 1.68 bits per heavy atom. The Balaban J connectivity index is 1.67. The van der Waals surface area contributed by atoms with Gasteiger partial charge in [0, 0.05) is 25.7 Å². The van der Waals surface area contributed by atoms with E-state index in [0.717, 1.165) is 38.5 Å². The zero-order valence-electron chi connectivity index (χ0n) is 19.1. The number of Topliss-reactive ketones (excluding diaryl/α,β-unsaturated/α-hetero) is 1. The molecule has 4 rings (SSSR count). The second kappa shape index (κ2) is 7.56. The smallest absolute Gasteiger partial charge is 0.303 e. The quantitative estimate of drug-likeness (QED) is 0.628. The van der Waals surface area contributed by atoms with Crippen molar-refractivity contribution in [1.29, 1.82) is 0 Å². The van der Waals surface area contributed by atoms with Crippen molar-refractivity contribution in [1.82, 2.24) is 0 Å². The van der Waals surface area contributed by atoms with Crippen molar-refractivity contribution in [3.63, 3.8) is 0 Å². The van der Waals surface area contributed by atoms with Crippen molar-refractivity contribution >= 4 is 23.5 Å². The van der Waals surface area contributed by atoms with E-state index in [2.05, 4.69) is 13.8 Å². The lowest BCUT2D eigenvalue weighted by Crippen LogP contribution is -2.59. The second-order valence-electron chi connectivity index (χ2n) is 10.6. The molecule has 0 aromatic heterocycles. The molecular weight excluding hydrogens is 396 g/mol. The molecule has 0 saturated heterocycles. The Morgan fingerprint density at radius 1 is 0.968 bits per heavy atom. The highest BCUT2D eigenvalue weighted by Crippen LogP contribution is 2.68. The zero-order valence-corrected chi connectivity index (χ0v) is 19.1. The van der Waals surface area contributed by atoms with Crippen LogP contribution >= 0.6 is 0 Å². The Hall–Kier alpha value is -1.98. The first-order valence-electron chi connectivity index (χ1n) is 11.6. The molecule has 0 aromatic carbocycles. The number of carbonyl (C=O) groups is 4. The summed E-state index contributed by atoms with van der Waals surface area (Å²) in [5, 5.41) is 0. The molecule has 0 aliphatic heterocycles. The highest BCUT2D eigenvalue weighted by atomic mass is 16.6. The largest absolute Gasteiger partial charge is 0.458 e. The highest BCUT2D eigenvalue weighted by Gasteiger charge is 2.68. The molecule has 6 atom stereocenters. The van der Waals surface area contributed by atoms with E-state index in [0.29, 0.717) is 24.7 Å². The average Bonchev–Trinajstić information content (AvgIpc) is 2.99. The number of esters is 2. The normalized spacial score (nSPS) is 41.4. The van der Waals surface area contributed by atoms with Crippen LogP contribution in [0.15, 0.2) is 11.6 Å². The van der Waals surface area contributed by atoms with E-state index in [-0.39, 0.29) is 29.5 Å². The van der Waals surface area contributed by atoms with Crippen LogP contribution in [0.25, 0.3) is 0 Å². The number of hydrogen-bond donors (Lipinski definition) is 0. The number of allylic oxidation sites excluding steroid dienone is 1. The molecule has 170 valence electrons. The summed E-state index contributed by atoms with van der Waals surface area (Å²) in [7, 11) is 0. The number of hydrogen-bond acceptors (Lipinski definition) is 6. The van der Waals surface area contributed by atoms with Gasteiger partial charge in [0.15, 0.2) is 18.0 Å². The molecule has 31 heavy (non-hydrogen) atoms. The topological polar surface area (TPSA) is 86.7 Å². The summed E-state index contributed by atoms with van der Waals surface area (Å²) in [6.45, 7) is 6.70. The summed E-state index contributed by atoms with van der Waals surface area (Å²) in [5.74, 6) is 0.156. The number of ether oxygens (including phenoxy) is 2. The number of carbonyl (C=O) groups excluding carboxylic acids is 4. The van der Waals surface area contributed by atoms with Crippen molar-refractivity contribution in [3.8, 4) is 0 Å². The van der Waals surface area contributed by atoms with Crippen LogP contribution < -0.4 is 0 Å². The van der Waals surface area contributed by atoms with Gasteiger partial charge in [-0.25, -0.2) is 0 Å². The van der Waals surface area contributed by atoms with Crippen molar-refractivity contribution in [2.75, 3.05) is 6.61 Å². The lowest BCUT2D eigenvalue weighted by Gasteiger charge is -2.59. The molecule has 0 aromatic rings. The summed E-state index contributed by atoms with van der Waals surface area (Å²) >= 11 is 0. The Morgan fingerprint density at radius 3 is 2.35 bits per heavy atom. The van der Waals surface area contributed by atoms with Crippen molar-refractivity contribution in [3.05, 3.63) is 11.6 Å². The number of fused-ring (bicyclic) bond motifs is 5. The molecule has 4 aliphatic rings. The lowest BCUT2D eigenvalue weighted by molar-refractivity contribution is -0.190. The van der Waals surface area contributed by atoms with Gasteiger partial charge in [0.1, 0.15) is 0 Å². The Bertz CT molecular complexity index is 858. The fourth-order valence-electron chi connectivity index (χ4n) is 7.77. The summed E-state index contributed by atoms with van der Waals surface area (Å²) in [5.41, 5.74) is -0.348. The van der Waals surface area contributed by atoms with Crippen LogP contribution in [0.3, 0.4) is 0 Å². The van der Waals surface area contributed by atoms with E-state index >= 15 is 0 Å². The fraction of sp³-hybridized carbons (Fsp3) is 0.760. The van der Waals surface area contributed by atoms with Crippen molar-refractivity contribution in [2.24, 2.45) is 28.6 Å². The van der Waals surface area contributed by atoms with Crippen LogP contribution in [0.5, 0.6) is 0 Å². The molecule has 0 heterocycles. The van der Waals surface area contributed by atoms with Crippen molar-refractivity contribution in [2.45, 2.75) is 84.7 Å². The molecule has 0 radical (unpaired) electrons. The third-order valence-corrected chi connectivity index (χ3v) is 9.26. The van der Waals surface area contributed by atoms with Crippen LogP contribution in [0.1, 0.15) is 79.1 Å². The van der Waals surface area contributed by atoms with Gasteiger partial charge in [-0.05, 0) is 74.2 Å². The molecular formula is C25H34O6. The van der Waals surface area contributed by atoms with Crippen LogP contribution in [0.2, 0.25) is 0 Å². The average molecular weight is 431 g/mol. The van der Waals surface area contributed by atoms with Crippen LogP contribution in [0.4, 0.5) is 0 Å². The van der Waals surface area contributed by atoms with Gasteiger partial charge in [0.2, 0.25) is 5.78 Å². The molecule has 3 unspecified atom stereocenters. The third kappa shape index (κ3) is 3.28. The first-order valence-corrected chi connectivity index (χ1v) is 11.6. The predicted octanol–water partition coefficient (Wildman–Crippen LogP) is 3.95. The van der Waals surface area contributed by atoms with E-state index < -0.39 is 23.0 Å². The third-order valence-electron chi connectivity index (χ3n) is 9.26. The van der Waals surface area contributed by atoms with Gasteiger partial charge >= 0.3 is 11.9 Å². The van der Waals surface area contributed by atoms with E-state index in [4.69, 9.17) is 9.47 Å². The van der Waals surface area contributed by atoms with Gasteiger partial charge in [0.05, 0.1) is 0 Å². The van der Waals surface area contributed by atoms with Crippen LogP contribution in [0, 0.1) is 28.6 Å². The Labute approximate surface area is 184 Å². The maximum absolute atomic E-state index is 13.4. The zero-order chi connectivity index (χ0) is 22.6. The second-order valence-corrected chi connectivity index (χ2v) is 10.6. The minimum Gasteiger partial charge on any atom is -0.458 e. The standard InChI is InChI=1S/C25H34O6/c1-15(26)30-14-22(29)25(31-16(2)27)12-9-21-19-6-5-17-13-18(28)7-10-23(17,3)20(19)8-11-24(21,25)4/h13,19-21H,5-12,14H2,1-4H3/t19?,20?,21?,23-,24-,25+/m0/s1. The van der Waals surface area contributed by atoms with E-state index in [1.54, 1.807) is 0 Å². The first kappa shape index (κ1) is 22.2. The molecule has 0 N–H and O–H groups in total. The van der Waals surface area contributed by atoms with Crippen LogP contribution in [-0.4, -0.2) is 35.7 Å². The minimum atomic E-state index is -1.23. The summed E-state index contributed by atoms with van der Waals surface area (Å²) < 4.78 is 10.9. The monoisotopic (exact) mass is 430 g/mol. The molecule has 0 bridgehead atoms. The van der Waals surface area contributed by atoms with Gasteiger partial charge < -0.3 is 9.47 Å². The molecule has 4 aliphatic carbocycles. The summed E-state index contributed by atoms with van der Waals surface area (Å²) in [4.78, 5) is 48.8. The van der Waals surface area contributed by atoms with Crippen molar-refractivity contribution < 1.29 is 28.7 Å². The van der Waals surface area contributed by atoms with Gasteiger partial charge in [-0.1, -0.05) is 19.4 Å². The van der Waals surface area contributed by atoms with E-state index in [1.165, 1.54) is 19.4 Å². The maximum atomic E-state index is 13.4. The number of rotatable bonds is 4. The summed E-state index contributed by atoms with van der Waals surface area (Å²) in [6.07, 6.45) is 8.39. The van der Waals surface area contributed by atoms with Gasteiger partial charge in [0.25, 0.3) is 0 Å². The molecule has 3 saturated carbocycles. The van der Waals surface area contributed by atoms with Gasteiger partial charge in [-0.15, -0.1) is 0 Å². The van der Waals surface area contributed by atoms with Gasteiger partial charge in [-0.3, -0.25) is 19.2 Å². The van der Waals surface area contributed by atoms with E-state index in [1.807, 2.05) is 6.08 Å². The molecule has 0 spiro atoms. The molecule has 6 nitrogen and oxygen atoms in total. The van der Waals surface area contributed by atoms with Gasteiger partial charge in [-0.2, -0.15) is 0 Å². The first-order chi connectivity index (χ1) is 14.5. The van der Waals surface area contributed by atoms with E-state index in [9.17, 15) is 19.2 Å². The van der Waals surface area contributed by atoms with Crippen LogP contribution in [-0.2, 0) is 28.7 Å². The maximum Gasteiger partial charge on any atom is 0.303 e. The molecule has 0 amide bonds. The number of ketones is 2.